The molecular formula is C16H28N4O. The van der Waals surface area contributed by atoms with Crippen LogP contribution in [0.5, 0.6) is 0 Å². The highest BCUT2D eigenvalue weighted by Crippen LogP contribution is 2.26. The molecule has 2 atom stereocenters. The van der Waals surface area contributed by atoms with Gasteiger partial charge >= 0.3 is 0 Å². The van der Waals surface area contributed by atoms with E-state index in [-0.39, 0.29) is 11.6 Å². The second-order valence-corrected chi connectivity index (χ2v) is 6.48. The summed E-state index contributed by atoms with van der Waals surface area (Å²) in [5.41, 5.74) is 5.95. The van der Waals surface area contributed by atoms with Gasteiger partial charge in [0.15, 0.2) is 5.82 Å². The van der Waals surface area contributed by atoms with E-state index in [4.69, 9.17) is 5.73 Å². The maximum atomic E-state index is 12.6. The summed E-state index contributed by atoms with van der Waals surface area (Å²) in [7, 11) is 0. The molecule has 1 aromatic rings. The zero-order chi connectivity index (χ0) is 15.4. The van der Waals surface area contributed by atoms with Gasteiger partial charge in [0.25, 0.3) is 5.56 Å². The lowest BCUT2D eigenvalue weighted by Crippen LogP contribution is -2.49. The van der Waals surface area contributed by atoms with Crippen LogP contribution in [0.25, 0.3) is 0 Å². The molecule has 0 spiro atoms. The van der Waals surface area contributed by atoms with Gasteiger partial charge in [-0.15, -0.1) is 0 Å². The standard InChI is InChI=1S/C16H28N4O/c1-4-13-5-7-20(14(9-13)10-17)15-16(21)19(8-6-18-15)11-12(2)3/h6,8,12-14H,4-5,7,9-11,17H2,1-3H3. The topological polar surface area (TPSA) is 64.2 Å². The van der Waals surface area contributed by atoms with Crippen molar-refractivity contribution in [2.75, 3.05) is 18.0 Å². The molecule has 2 unspecified atom stereocenters. The van der Waals surface area contributed by atoms with Crippen molar-refractivity contribution in [3.05, 3.63) is 22.7 Å². The SMILES string of the molecule is CCC1CCN(c2nccn(CC(C)C)c2=O)C(CN)C1. The van der Waals surface area contributed by atoms with E-state index in [0.29, 0.717) is 18.3 Å². The first kappa shape index (κ1) is 16.0. The molecule has 2 rings (SSSR count). The van der Waals surface area contributed by atoms with Gasteiger partial charge in [0, 0.05) is 38.1 Å². The average molecular weight is 292 g/mol. The molecule has 0 saturated carbocycles. The third-order valence-corrected chi connectivity index (χ3v) is 4.40. The van der Waals surface area contributed by atoms with E-state index in [2.05, 4.69) is 30.7 Å². The molecular weight excluding hydrogens is 264 g/mol. The van der Waals surface area contributed by atoms with Crippen LogP contribution in [0.4, 0.5) is 5.82 Å². The molecule has 1 fully saturated rings. The highest BCUT2D eigenvalue weighted by Gasteiger charge is 2.29. The van der Waals surface area contributed by atoms with E-state index in [1.165, 1.54) is 6.42 Å². The van der Waals surface area contributed by atoms with Gasteiger partial charge in [-0.25, -0.2) is 4.98 Å². The van der Waals surface area contributed by atoms with Crippen LogP contribution in [0.3, 0.4) is 0 Å². The summed E-state index contributed by atoms with van der Waals surface area (Å²) in [6.07, 6.45) is 6.88. The molecule has 1 aromatic heterocycles. The fourth-order valence-electron chi connectivity index (χ4n) is 3.18. The lowest BCUT2D eigenvalue weighted by atomic mass is 9.89. The molecule has 2 heterocycles. The number of nitrogens with two attached hydrogens (primary N) is 1. The van der Waals surface area contributed by atoms with Crippen molar-refractivity contribution in [2.45, 2.75) is 52.6 Å². The predicted octanol–water partition coefficient (Wildman–Crippen LogP) is 1.85. The summed E-state index contributed by atoms with van der Waals surface area (Å²) >= 11 is 0. The Bertz CT molecular complexity index is 511. The van der Waals surface area contributed by atoms with E-state index in [1.54, 1.807) is 17.0 Å². The second-order valence-electron chi connectivity index (χ2n) is 6.48. The minimum atomic E-state index is 0.0135. The minimum Gasteiger partial charge on any atom is -0.348 e. The molecule has 0 aromatic carbocycles. The summed E-state index contributed by atoms with van der Waals surface area (Å²) in [6, 6.07) is 0.235. The van der Waals surface area contributed by atoms with E-state index in [9.17, 15) is 4.79 Å². The molecule has 1 saturated heterocycles. The Hall–Kier alpha value is -1.36. The highest BCUT2D eigenvalue weighted by atomic mass is 16.1. The van der Waals surface area contributed by atoms with Gasteiger partial charge in [-0.05, 0) is 24.7 Å². The largest absolute Gasteiger partial charge is 0.348 e. The van der Waals surface area contributed by atoms with E-state index in [1.807, 2.05) is 0 Å². The van der Waals surface area contributed by atoms with Gasteiger partial charge in [0.05, 0.1) is 0 Å². The number of rotatable bonds is 5. The smallest absolute Gasteiger partial charge is 0.293 e. The molecule has 5 heteroatoms. The normalized spacial score (nSPS) is 22.8. The van der Waals surface area contributed by atoms with Gasteiger partial charge in [0.2, 0.25) is 0 Å². The van der Waals surface area contributed by atoms with Crippen LogP contribution in [0.2, 0.25) is 0 Å². The fourth-order valence-corrected chi connectivity index (χ4v) is 3.18. The first-order valence-electron chi connectivity index (χ1n) is 8.08. The summed E-state index contributed by atoms with van der Waals surface area (Å²) in [4.78, 5) is 19.1. The van der Waals surface area contributed by atoms with E-state index in [0.717, 1.165) is 31.8 Å². The molecule has 1 aliphatic rings. The van der Waals surface area contributed by atoms with Gasteiger partial charge in [-0.1, -0.05) is 27.2 Å². The van der Waals surface area contributed by atoms with E-state index >= 15 is 0 Å². The second kappa shape index (κ2) is 7.07. The zero-order valence-corrected chi connectivity index (χ0v) is 13.5. The monoisotopic (exact) mass is 292 g/mol. The Morgan fingerprint density at radius 1 is 1.48 bits per heavy atom. The number of nitrogens with zero attached hydrogens (tertiary/aromatic N) is 3. The molecule has 0 bridgehead atoms. The van der Waals surface area contributed by atoms with Crippen molar-refractivity contribution < 1.29 is 0 Å². The Labute approximate surface area is 127 Å². The molecule has 5 nitrogen and oxygen atoms in total. The van der Waals surface area contributed by atoms with Crippen LogP contribution in [-0.2, 0) is 6.54 Å². The van der Waals surface area contributed by atoms with Gasteiger partial charge in [-0.2, -0.15) is 0 Å². The van der Waals surface area contributed by atoms with Crippen molar-refractivity contribution in [3.8, 4) is 0 Å². The average Bonchev–Trinajstić information content (AvgIpc) is 2.48. The Morgan fingerprint density at radius 2 is 2.24 bits per heavy atom. The molecule has 2 N–H and O–H groups in total. The van der Waals surface area contributed by atoms with Crippen LogP contribution in [0.1, 0.15) is 40.0 Å². The number of aromatic nitrogens is 2. The number of hydrogen-bond donors (Lipinski definition) is 1. The van der Waals surface area contributed by atoms with Gasteiger partial charge in [0.1, 0.15) is 0 Å². The Kier molecular flexibility index (Phi) is 5.39. The number of piperidine rings is 1. The minimum absolute atomic E-state index is 0.0135. The number of hydrogen-bond acceptors (Lipinski definition) is 4. The molecule has 0 aliphatic carbocycles. The van der Waals surface area contributed by atoms with Gasteiger partial charge in [-0.3, -0.25) is 4.79 Å². The summed E-state index contributed by atoms with van der Waals surface area (Å²) < 4.78 is 1.77. The third kappa shape index (κ3) is 3.64. The van der Waals surface area contributed by atoms with Crippen molar-refractivity contribution in [1.82, 2.24) is 9.55 Å². The third-order valence-electron chi connectivity index (χ3n) is 4.40. The van der Waals surface area contributed by atoms with Crippen LogP contribution in [0.15, 0.2) is 17.2 Å². The summed E-state index contributed by atoms with van der Waals surface area (Å²) in [5.74, 6) is 1.73. The lowest BCUT2D eigenvalue weighted by Gasteiger charge is -2.39. The molecule has 21 heavy (non-hydrogen) atoms. The first-order chi connectivity index (χ1) is 10.1. The van der Waals surface area contributed by atoms with Crippen molar-refractivity contribution in [3.63, 3.8) is 0 Å². The van der Waals surface area contributed by atoms with Gasteiger partial charge < -0.3 is 15.2 Å². The zero-order valence-electron chi connectivity index (χ0n) is 13.5. The highest BCUT2D eigenvalue weighted by molar-refractivity contribution is 5.38. The van der Waals surface area contributed by atoms with Crippen molar-refractivity contribution in [1.29, 1.82) is 0 Å². The lowest BCUT2D eigenvalue weighted by molar-refractivity contribution is 0.333. The van der Waals surface area contributed by atoms with Crippen LogP contribution < -0.4 is 16.2 Å². The fraction of sp³-hybridized carbons (Fsp3) is 0.750. The van der Waals surface area contributed by atoms with E-state index < -0.39 is 0 Å². The predicted molar refractivity (Wildman–Crippen MR) is 86.5 cm³/mol. The molecule has 1 aliphatic heterocycles. The Balaban J connectivity index is 2.26. The molecule has 0 amide bonds. The molecule has 118 valence electrons. The quantitative estimate of drug-likeness (QED) is 0.899. The number of anilines is 1. The van der Waals surface area contributed by atoms with Crippen LogP contribution >= 0.6 is 0 Å². The first-order valence-corrected chi connectivity index (χ1v) is 8.08. The summed E-state index contributed by atoms with van der Waals surface area (Å²) in [5, 5.41) is 0. The molecule has 0 radical (unpaired) electrons. The maximum absolute atomic E-state index is 12.6. The van der Waals surface area contributed by atoms with Crippen molar-refractivity contribution in [2.24, 2.45) is 17.6 Å². The van der Waals surface area contributed by atoms with Crippen LogP contribution in [0, 0.1) is 11.8 Å². The maximum Gasteiger partial charge on any atom is 0.293 e. The van der Waals surface area contributed by atoms with Crippen LogP contribution in [-0.4, -0.2) is 28.7 Å². The Morgan fingerprint density at radius 3 is 2.86 bits per heavy atom. The van der Waals surface area contributed by atoms with Crippen molar-refractivity contribution >= 4 is 5.82 Å². The summed E-state index contributed by atoms with van der Waals surface area (Å²) in [6.45, 7) is 8.65.